The van der Waals surface area contributed by atoms with E-state index in [1.807, 2.05) is 19.9 Å². The maximum absolute atomic E-state index is 12.1. The van der Waals surface area contributed by atoms with Crippen LogP contribution in [-0.4, -0.2) is 27.9 Å². The minimum atomic E-state index is -0.125. The highest BCUT2D eigenvalue weighted by Gasteiger charge is 2.06. The molecule has 0 saturated heterocycles. The molecule has 0 aliphatic carbocycles. The Hall–Kier alpha value is -2.41. The van der Waals surface area contributed by atoms with E-state index in [1.165, 1.54) is 4.68 Å². The van der Waals surface area contributed by atoms with Gasteiger partial charge < -0.3 is 10.3 Å². The summed E-state index contributed by atoms with van der Waals surface area (Å²) >= 11 is 0. The monoisotopic (exact) mass is 288 g/mol. The van der Waals surface area contributed by atoms with Crippen LogP contribution in [0.1, 0.15) is 19.4 Å². The molecule has 112 valence electrons. The van der Waals surface area contributed by atoms with Crippen LogP contribution in [-0.2, 0) is 6.54 Å². The van der Waals surface area contributed by atoms with Crippen molar-refractivity contribution in [3.05, 3.63) is 46.5 Å². The molecule has 0 amide bonds. The molecule has 2 aromatic rings. The summed E-state index contributed by atoms with van der Waals surface area (Å²) in [4.78, 5) is 18.3. The van der Waals surface area contributed by atoms with E-state index in [-0.39, 0.29) is 5.56 Å². The molecule has 0 aliphatic rings. The highest BCUT2D eigenvalue weighted by atomic mass is 16.1. The molecule has 0 unspecified atom stereocenters. The van der Waals surface area contributed by atoms with Crippen molar-refractivity contribution in [3.63, 3.8) is 0 Å². The van der Waals surface area contributed by atoms with Crippen LogP contribution < -0.4 is 21.7 Å². The van der Waals surface area contributed by atoms with Gasteiger partial charge in [-0.05, 0) is 25.5 Å². The van der Waals surface area contributed by atoms with Gasteiger partial charge in [-0.25, -0.2) is 15.5 Å². The molecule has 0 spiro atoms. The fourth-order valence-electron chi connectivity index (χ4n) is 2.08. The Morgan fingerprint density at radius 1 is 1.29 bits per heavy atom. The zero-order valence-corrected chi connectivity index (χ0v) is 12.3. The molecule has 3 N–H and O–H groups in total. The third-order valence-electron chi connectivity index (χ3n) is 3.29. The van der Waals surface area contributed by atoms with Crippen LogP contribution in [0.15, 0.2) is 35.4 Å². The predicted octanol–water partition coefficient (Wildman–Crippen LogP) is 0.818. The highest BCUT2D eigenvalue weighted by Crippen LogP contribution is 2.09. The maximum Gasteiger partial charge on any atom is 0.269 e. The summed E-state index contributed by atoms with van der Waals surface area (Å²) in [5.74, 6) is 5.84. The van der Waals surface area contributed by atoms with Gasteiger partial charge >= 0.3 is 0 Å². The number of nitrogens with one attached hydrogen (secondary N) is 1. The molecule has 21 heavy (non-hydrogen) atoms. The minimum absolute atomic E-state index is 0.125. The van der Waals surface area contributed by atoms with Crippen LogP contribution in [0.25, 0.3) is 0 Å². The zero-order chi connectivity index (χ0) is 15.2. The summed E-state index contributed by atoms with van der Waals surface area (Å²) in [6.07, 6.45) is 3.39. The summed E-state index contributed by atoms with van der Waals surface area (Å²) in [6.45, 7) is 6.18. The van der Waals surface area contributed by atoms with Crippen LogP contribution in [0.3, 0.4) is 0 Å². The van der Waals surface area contributed by atoms with Gasteiger partial charge in [-0.3, -0.25) is 4.79 Å². The molecule has 0 aliphatic heterocycles. The van der Waals surface area contributed by atoms with E-state index in [2.05, 4.69) is 20.4 Å². The fourth-order valence-corrected chi connectivity index (χ4v) is 2.08. The Bertz CT molecular complexity index is 633. The molecule has 0 fully saturated rings. The number of hydrogen-bond donors (Lipinski definition) is 2. The number of hydrogen-bond acceptors (Lipinski definition) is 6. The summed E-state index contributed by atoms with van der Waals surface area (Å²) in [6, 6.07) is 5.22. The van der Waals surface area contributed by atoms with Crippen LogP contribution in [0.4, 0.5) is 11.5 Å². The average Bonchev–Trinajstić information content (AvgIpc) is 2.52. The second-order valence-electron chi connectivity index (χ2n) is 4.58. The Morgan fingerprint density at radius 2 is 2.05 bits per heavy atom. The van der Waals surface area contributed by atoms with Gasteiger partial charge in [0.15, 0.2) is 0 Å². The molecule has 7 heteroatoms. The Labute approximate surface area is 123 Å². The minimum Gasteiger partial charge on any atom is -0.371 e. The van der Waals surface area contributed by atoms with Crippen molar-refractivity contribution in [2.45, 2.75) is 20.4 Å². The van der Waals surface area contributed by atoms with Crippen LogP contribution in [0.5, 0.6) is 0 Å². The molecule has 2 rings (SSSR count). The standard InChI is InChI=1S/C14H20N6O/c1-3-19(4-2)12-7-14(21)20(17-9-12)10-11-5-6-13(18-15)16-8-11/h5-9H,3-4,10,15H2,1-2H3,(H,16,18). The smallest absolute Gasteiger partial charge is 0.269 e. The average molecular weight is 288 g/mol. The van der Waals surface area contributed by atoms with Gasteiger partial charge in [-0.15, -0.1) is 0 Å². The normalized spacial score (nSPS) is 10.4. The Morgan fingerprint density at radius 3 is 2.57 bits per heavy atom. The largest absolute Gasteiger partial charge is 0.371 e. The first kappa shape index (κ1) is 15.0. The first-order valence-corrected chi connectivity index (χ1v) is 6.91. The Balaban J connectivity index is 2.19. The number of pyridine rings is 1. The summed E-state index contributed by atoms with van der Waals surface area (Å²) in [5, 5.41) is 4.23. The molecular weight excluding hydrogens is 268 g/mol. The highest BCUT2D eigenvalue weighted by molar-refractivity contribution is 5.42. The number of nitrogens with two attached hydrogens (primary N) is 1. The lowest BCUT2D eigenvalue weighted by molar-refractivity contribution is 0.635. The second kappa shape index (κ2) is 6.85. The van der Waals surface area contributed by atoms with Crippen LogP contribution in [0.2, 0.25) is 0 Å². The van der Waals surface area contributed by atoms with Gasteiger partial charge in [-0.2, -0.15) is 5.10 Å². The number of rotatable bonds is 6. The fraction of sp³-hybridized carbons (Fsp3) is 0.357. The van der Waals surface area contributed by atoms with Crippen molar-refractivity contribution in [1.29, 1.82) is 0 Å². The summed E-state index contributed by atoms with van der Waals surface area (Å²) in [5.41, 5.74) is 4.07. The van der Waals surface area contributed by atoms with Crippen molar-refractivity contribution in [2.75, 3.05) is 23.4 Å². The molecular formula is C14H20N6O. The van der Waals surface area contributed by atoms with Crippen LogP contribution in [0, 0.1) is 0 Å². The van der Waals surface area contributed by atoms with E-state index < -0.39 is 0 Å². The Kier molecular flexibility index (Phi) is 4.89. The van der Waals surface area contributed by atoms with Crippen LogP contribution >= 0.6 is 0 Å². The molecule has 0 radical (unpaired) electrons. The maximum atomic E-state index is 12.1. The summed E-state index contributed by atoms with van der Waals surface area (Å²) < 4.78 is 1.42. The van der Waals surface area contributed by atoms with Gasteiger partial charge in [0.1, 0.15) is 5.82 Å². The number of anilines is 2. The van der Waals surface area contributed by atoms with Crippen molar-refractivity contribution in [3.8, 4) is 0 Å². The van der Waals surface area contributed by atoms with Crippen molar-refractivity contribution < 1.29 is 0 Å². The number of hydrazine groups is 1. The third kappa shape index (κ3) is 3.57. The number of nitrogens with zero attached hydrogens (tertiary/aromatic N) is 4. The molecule has 0 saturated carbocycles. The predicted molar refractivity (Wildman–Crippen MR) is 83.2 cm³/mol. The second-order valence-corrected chi connectivity index (χ2v) is 4.58. The molecule has 0 aromatic carbocycles. The lowest BCUT2D eigenvalue weighted by Crippen LogP contribution is -2.28. The molecule has 0 bridgehead atoms. The van der Waals surface area contributed by atoms with Crippen molar-refractivity contribution in [2.24, 2.45) is 5.84 Å². The van der Waals surface area contributed by atoms with Crippen molar-refractivity contribution in [1.82, 2.24) is 14.8 Å². The summed E-state index contributed by atoms with van der Waals surface area (Å²) in [7, 11) is 0. The van der Waals surface area contributed by atoms with E-state index in [1.54, 1.807) is 24.5 Å². The number of nitrogen functional groups attached to an aromatic ring is 1. The SMILES string of the molecule is CCN(CC)c1cnn(Cc2ccc(NN)nc2)c(=O)c1. The zero-order valence-electron chi connectivity index (χ0n) is 12.3. The van der Waals surface area contributed by atoms with E-state index in [9.17, 15) is 4.79 Å². The van der Waals surface area contributed by atoms with Crippen molar-refractivity contribution >= 4 is 11.5 Å². The van der Waals surface area contributed by atoms with Gasteiger partial charge in [0.05, 0.1) is 18.4 Å². The van der Waals surface area contributed by atoms with E-state index >= 15 is 0 Å². The van der Waals surface area contributed by atoms with Gasteiger partial charge in [0.25, 0.3) is 5.56 Å². The van der Waals surface area contributed by atoms with Gasteiger partial charge in [0, 0.05) is 25.4 Å². The molecule has 2 aromatic heterocycles. The first-order chi connectivity index (χ1) is 10.2. The van der Waals surface area contributed by atoms with E-state index in [0.717, 1.165) is 24.3 Å². The third-order valence-corrected chi connectivity index (χ3v) is 3.29. The molecule has 7 nitrogen and oxygen atoms in total. The number of aromatic nitrogens is 3. The molecule has 0 atom stereocenters. The van der Waals surface area contributed by atoms with Gasteiger partial charge in [-0.1, -0.05) is 6.07 Å². The quantitative estimate of drug-likeness (QED) is 0.604. The first-order valence-electron chi connectivity index (χ1n) is 6.91. The van der Waals surface area contributed by atoms with E-state index in [4.69, 9.17) is 5.84 Å². The molecule has 2 heterocycles. The van der Waals surface area contributed by atoms with Gasteiger partial charge in [0.2, 0.25) is 0 Å². The topological polar surface area (TPSA) is 89.1 Å². The lowest BCUT2D eigenvalue weighted by Gasteiger charge is -2.20. The van der Waals surface area contributed by atoms with E-state index in [0.29, 0.717) is 12.4 Å². The lowest BCUT2D eigenvalue weighted by atomic mass is 10.3.